The minimum atomic E-state index is -1.23. The topological polar surface area (TPSA) is 128 Å². The first-order valence-electron chi connectivity index (χ1n) is 11.5. The SMILES string of the molecule is CC(C)(C)OC(=O)C1CCC(c2ccccc2)N1C(=O)CNC(=O)Nc1cccc(CC(=O)[O-])c1. The fourth-order valence-electron chi connectivity index (χ4n) is 4.11. The first-order valence-corrected chi connectivity index (χ1v) is 11.5. The Hall–Kier alpha value is -3.88. The molecular weight excluding hydrogens is 450 g/mol. The van der Waals surface area contributed by atoms with Crippen LogP contribution in [0.3, 0.4) is 0 Å². The maximum absolute atomic E-state index is 13.2. The number of rotatable bonds is 7. The second-order valence-electron chi connectivity index (χ2n) is 9.41. The summed E-state index contributed by atoms with van der Waals surface area (Å²) in [4.78, 5) is 50.8. The lowest BCUT2D eigenvalue weighted by Crippen LogP contribution is -2.48. The largest absolute Gasteiger partial charge is 0.550 e. The summed E-state index contributed by atoms with van der Waals surface area (Å²) in [6.07, 6.45) is 0.770. The van der Waals surface area contributed by atoms with Crippen molar-refractivity contribution in [1.29, 1.82) is 0 Å². The molecule has 1 aliphatic rings. The summed E-state index contributed by atoms with van der Waals surface area (Å²) in [5, 5.41) is 15.9. The predicted octanol–water partition coefficient (Wildman–Crippen LogP) is 2.17. The van der Waals surface area contributed by atoms with Crippen molar-refractivity contribution in [1.82, 2.24) is 10.2 Å². The average molecular weight is 481 g/mol. The third kappa shape index (κ3) is 7.30. The standard InChI is InChI=1S/C26H31N3O6/c1-26(2,3)35-24(33)21-13-12-20(18-9-5-4-6-10-18)29(21)22(30)16-27-25(34)28-19-11-7-8-17(14-19)15-23(31)32/h4-11,14,20-21H,12-13,15-16H2,1-3H3,(H,31,32)(H2,27,28,34)/p-1. The van der Waals surface area contributed by atoms with Crippen molar-refractivity contribution in [2.75, 3.05) is 11.9 Å². The highest BCUT2D eigenvalue weighted by Crippen LogP contribution is 2.37. The normalized spacial score (nSPS) is 17.5. The van der Waals surface area contributed by atoms with Crippen molar-refractivity contribution >= 4 is 29.6 Å². The molecule has 1 aliphatic heterocycles. The number of urea groups is 1. The number of benzene rings is 2. The molecule has 0 radical (unpaired) electrons. The van der Waals surface area contributed by atoms with Gasteiger partial charge in [-0.15, -0.1) is 0 Å². The van der Waals surface area contributed by atoms with Crippen LogP contribution in [0.4, 0.5) is 10.5 Å². The van der Waals surface area contributed by atoms with Crippen molar-refractivity contribution < 1.29 is 29.0 Å². The van der Waals surface area contributed by atoms with Gasteiger partial charge >= 0.3 is 12.0 Å². The summed E-state index contributed by atoms with van der Waals surface area (Å²) < 4.78 is 5.55. The molecule has 9 nitrogen and oxygen atoms in total. The van der Waals surface area contributed by atoms with Crippen LogP contribution in [0.5, 0.6) is 0 Å². The highest BCUT2D eigenvalue weighted by molar-refractivity contribution is 5.93. The van der Waals surface area contributed by atoms with E-state index < -0.39 is 35.5 Å². The van der Waals surface area contributed by atoms with Crippen molar-refractivity contribution in [2.45, 2.75) is 57.7 Å². The van der Waals surface area contributed by atoms with Gasteiger partial charge in [0.05, 0.1) is 12.6 Å². The number of carbonyl (C=O) groups excluding carboxylic acids is 4. The second kappa shape index (κ2) is 11.0. The van der Waals surface area contributed by atoms with Crippen LogP contribution in [0.1, 0.15) is 50.8 Å². The van der Waals surface area contributed by atoms with Crippen LogP contribution in [-0.4, -0.2) is 47.0 Å². The number of likely N-dealkylation sites (tertiary alicyclic amines) is 1. The third-order valence-electron chi connectivity index (χ3n) is 5.47. The van der Waals surface area contributed by atoms with E-state index in [-0.39, 0.29) is 19.0 Å². The van der Waals surface area contributed by atoms with Gasteiger partial charge in [-0.05, 0) is 56.9 Å². The monoisotopic (exact) mass is 480 g/mol. The van der Waals surface area contributed by atoms with Gasteiger partial charge < -0.3 is 30.2 Å². The highest BCUT2D eigenvalue weighted by Gasteiger charge is 2.43. The van der Waals surface area contributed by atoms with Gasteiger partial charge in [0.15, 0.2) is 0 Å². The molecule has 1 heterocycles. The molecule has 2 N–H and O–H groups in total. The Balaban J connectivity index is 1.69. The lowest BCUT2D eigenvalue weighted by atomic mass is 10.0. The molecule has 2 aromatic rings. The Morgan fingerprint density at radius 2 is 1.74 bits per heavy atom. The van der Waals surface area contributed by atoms with E-state index in [1.54, 1.807) is 39.0 Å². The summed E-state index contributed by atoms with van der Waals surface area (Å²) >= 11 is 0. The van der Waals surface area contributed by atoms with Gasteiger partial charge in [0.1, 0.15) is 11.6 Å². The van der Waals surface area contributed by atoms with Crippen molar-refractivity contribution in [3.63, 3.8) is 0 Å². The Morgan fingerprint density at radius 3 is 2.40 bits per heavy atom. The van der Waals surface area contributed by atoms with Gasteiger partial charge in [-0.25, -0.2) is 9.59 Å². The van der Waals surface area contributed by atoms with Crippen molar-refractivity contribution in [2.24, 2.45) is 0 Å². The number of carboxylic acid groups (broad SMARTS) is 1. The molecule has 1 fully saturated rings. The molecule has 2 aromatic carbocycles. The van der Waals surface area contributed by atoms with E-state index in [1.807, 2.05) is 30.3 Å². The molecule has 0 bridgehead atoms. The van der Waals surface area contributed by atoms with Crippen LogP contribution in [0.25, 0.3) is 0 Å². The second-order valence-corrected chi connectivity index (χ2v) is 9.41. The molecule has 2 atom stereocenters. The Kier molecular flexibility index (Phi) is 8.11. The molecular formula is C26H30N3O6-. The zero-order valence-electron chi connectivity index (χ0n) is 20.1. The molecule has 9 heteroatoms. The van der Waals surface area contributed by atoms with Gasteiger partial charge in [-0.2, -0.15) is 0 Å². The summed E-state index contributed by atoms with van der Waals surface area (Å²) in [5.74, 6) is -2.11. The number of ether oxygens (including phenoxy) is 1. The first-order chi connectivity index (χ1) is 16.5. The molecule has 186 valence electrons. The van der Waals surface area contributed by atoms with E-state index >= 15 is 0 Å². The molecule has 3 amide bonds. The van der Waals surface area contributed by atoms with E-state index in [4.69, 9.17) is 4.74 Å². The van der Waals surface area contributed by atoms with Gasteiger partial charge in [-0.3, -0.25) is 4.79 Å². The molecule has 0 aliphatic carbocycles. The minimum Gasteiger partial charge on any atom is -0.550 e. The number of esters is 1. The zero-order valence-corrected chi connectivity index (χ0v) is 20.1. The number of anilines is 1. The molecule has 2 unspecified atom stereocenters. The van der Waals surface area contributed by atoms with Crippen molar-refractivity contribution in [3.05, 3.63) is 65.7 Å². The number of carboxylic acids is 1. The van der Waals surface area contributed by atoms with Crippen LogP contribution in [0.15, 0.2) is 54.6 Å². The third-order valence-corrected chi connectivity index (χ3v) is 5.47. The lowest BCUT2D eigenvalue weighted by molar-refractivity contribution is -0.304. The smallest absolute Gasteiger partial charge is 0.329 e. The number of nitrogens with one attached hydrogen (secondary N) is 2. The van der Waals surface area contributed by atoms with Crippen LogP contribution in [0, 0.1) is 0 Å². The van der Waals surface area contributed by atoms with Gasteiger partial charge in [0, 0.05) is 18.1 Å². The van der Waals surface area contributed by atoms with E-state index in [1.165, 1.54) is 11.0 Å². The summed E-state index contributed by atoms with van der Waals surface area (Å²) in [5.41, 5.74) is 1.06. The number of nitrogens with zero attached hydrogens (tertiary/aromatic N) is 1. The molecule has 35 heavy (non-hydrogen) atoms. The fourth-order valence-corrected chi connectivity index (χ4v) is 4.11. The highest BCUT2D eigenvalue weighted by atomic mass is 16.6. The van der Waals surface area contributed by atoms with E-state index in [9.17, 15) is 24.3 Å². The van der Waals surface area contributed by atoms with E-state index in [0.717, 1.165) is 5.56 Å². The maximum atomic E-state index is 13.2. The van der Waals surface area contributed by atoms with E-state index in [2.05, 4.69) is 10.6 Å². The summed E-state index contributed by atoms with van der Waals surface area (Å²) in [6.45, 7) is 4.99. The molecule has 0 aromatic heterocycles. The number of hydrogen-bond acceptors (Lipinski definition) is 6. The summed E-state index contributed by atoms with van der Waals surface area (Å²) in [7, 11) is 0. The first kappa shape index (κ1) is 25.7. The van der Waals surface area contributed by atoms with Crippen LogP contribution < -0.4 is 15.7 Å². The predicted molar refractivity (Wildman–Crippen MR) is 127 cm³/mol. The van der Waals surface area contributed by atoms with E-state index in [0.29, 0.717) is 24.1 Å². The van der Waals surface area contributed by atoms with Crippen molar-refractivity contribution in [3.8, 4) is 0 Å². The molecule has 1 saturated heterocycles. The number of hydrogen-bond donors (Lipinski definition) is 2. The Bertz CT molecular complexity index is 1080. The van der Waals surface area contributed by atoms with Crippen LogP contribution >= 0.6 is 0 Å². The van der Waals surface area contributed by atoms with Crippen LogP contribution in [0.2, 0.25) is 0 Å². The minimum absolute atomic E-state index is 0.280. The maximum Gasteiger partial charge on any atom is 0.329 e. The molecule has 0 spiro atoms. The number of carbonyl (C=O) groups is 4. The van der Waals surface area contributed by atoms with Gasteiger partial charge in [0.25, 0.3) is 0 Å². The quantitative estimate of drug-likeness (QED) is 0.585. The van der Waals surface area contributed by atoms with Gasteiger partial charge in [0.2, 0.25) is 5.91 Å². The summed E-state index contributed by atoms with van der Waals surface area (Å²) in [6, 6.07) is 14.1. The molecule has 0 saturated carbocycles. The fraction of sp³-hybridized carbons (Fsp3) is 0.385. The molecule has 3 rings (SSSR count). The van der Waals surface area contributed by atoms with Gasteiger partial charge in [-0.1, -0.05) is 42.5 Å². The zero-order chi connectivity index (χ0) is 25.6. The number of aliphatic carboxylic acids is 1. The Labute approximate surface area is 204 Å². The average Bonchev–Trinajstić information content (AvgIpc) is 3.22. The number of amides is 3. The van der Waals surface area contributed by atoms with Crippen LogP contribution in [-0.2, 0) is 25.5 Å². The lowest BCUT2D eigenvalue weighted by Gasteiger charge is -2.31. The Morgan fingerprint density at radius 1 is 1.03 bits per heavy atom.